The Balaban J connectivity index is 1.98. The highest BCUT2D eigenvalue weighted by Gasteiger charge is 2.06. The molecule has 0 aliphatic carbocycles. The van der Waals surface area contributed by atoms with Crippen molar-refractivity contribution in [2.75, 3.05) is 26.9 Å². The second kappa shape index (κ2) is 11.9. The molecule has 0 saturated carbocycles. The zero-order valence-electron chi connectivity index (χ0n) is 16.3. The summed E-state index contributed by atoms with van der Waals surface area (Å²) >= 11 is 0. The van der Waals surface area contributed by atoms with E-state index in [2.05, 4.69) is 15.6 Å². The number of hydrogen-bond acceptors (Lipinski definition) is 3. The fourth-order valence-corrected chi connectivity index (χ4v) is 2.46. The van der Waals surface area contributed by atoms with Crippen molar-refractivity contribution in [2.45, 2.75) is 26.4 Å². The van der Waals surface area contributed by atoms with Crippen LogP contribution in [0.2, 0.25) is 0 Å². The monoisotopic (exact) mass is 391 g/mol. The highest BCUT2D eigenvalue weighted by atomic mass is 19.1. The summed E-state index contributed by atoms with van der Waals surface area (Å²) < 4.78 is 37.7. The van der Waals surface area contributed by atoms with E-state index in [0.29, 0.717) is 32.3 Å². The van der Waals surface area contributed by atoms with Gasteiger partial charge in [-0.3, -0.25) is 0 Å². The van der Waals surface area contributed by atoms with Crippen LogP contribution >= 0.6 is 0 Å². The van der Waals surface area contributed by atoms with Crippen molar-refractivity contribution in [2.24, 2.45) is 4.99 Å². The van der Waals surface area contributed by atoms with Crippen molar-refractivity contribution < 1.29 is 18.3 Å². The van der Waals surface area contributed by atoms with Crippen LogP contribution in [0.15, 0.2) is 47.5 Å². The number of nitrogens with one attached hydrogen (secondary N) is 2. The summed E-state index contributed by atoms with van der Waals surface area (Å²) in [6.45, 7) is 4.49. The van der Waals surface area contributed by atoms with Crippen molar-refractivity contribution >= 4 is 5.96 Å². The molecule has 152 valence electrons. The summed E-state index contributed by atoms with van der Waals surface area (Å²) in [5.74, 6) is 0.372. The van der Waals surface area contributed by atoms with Crippen LogP contribution in [0.3, 0.4) is 0 Å². The van der Waals surface area contributed by atoms with E-state index in [1.165, 1.54) is 6.07 Å². The van der Waals surface area contributed by atoms with Crippen LogP contribution in [-0.4, -0.2) is 32.8 Å². The Morgan fingerprint density at radius 3 is 2.57 bits per heavy atom. The van der Waals surface area contributed by atoms with Crippen LogP contribution in [-0.2, 0) is 17.8 Å². The maximum absolute atomic E-state index is 13.8. The molecule has 0 aliphatic rings. The fraction of sp³-hybridized carbons (Fsp3) is 0.381. The lowest BCUT2D eigenvalue weighted by molar-refractivity contribution is 0.145. The third kappa shape index (κ3) is 7.52. The number of hydrogen-bond donors (Lipinski definition) is 2. The summed E-state index contributed by atoms with van der Waals surface area (Å²) in [4.78, 5) is 4.53. The largest absolute Gasteiger partial charge is 0.497 e. The van der Waals surface area contributed by atoms with Gasteiger partial charge in [-0.25, -0.2) is 13.8 Å². The van der Waals surface area contributed by atoms with Gasteiger partial charge in [-0.1, -0.05) is 12.1 Å². The Morgan fingerprint density at radius 1 is 1.07 bits per heavy atom. The highest BCUT2D eigenvalue weighted by Crippen LogP contribution is 2.12. The molecule has 0 heterocycles. The Labute approximate surface area is 164 Å². The van der Waals surface area contributed by atoms with E-state index in [-0.39, 0.29) is 12.1 Å². The van der Waals surface area contributed by atoms with E-state index >= 15 is 0 Å². The number of guanidine groups is 1. The van der Waals surface area contributed by atoms with Gasteiger partial charge in [0.2, 0.25) is 0 Å². The molecule has 0 amide bonds. The average molecular weight is 391 g/mol. The lowest BCUT2D eigenvalue weighted by Crippen LogP contribution is -2.38. The van der Waals surface area contributed by atoms with Gasteiger partial charge in [0.25, 0.3) is 0 Å². The summed E-state index contributed by atoms with van der Waals surface area (Å²) in [5.41, 5.74) is 1.25. The third-order valence-electron chi connectivity index (χ3n) is 3.99. The first-order chi connectivity index (χ1) is 13.6. The SMILES string of the molecule is CCOCCCNC(=NCc1ccc(OC)cc1)NCc1cc(F)ccc1F. The Morgan fingerprint density at radius 2 is 1.86 bits per heavy atom. The Kier molecular flexibility index (Phi) is 9.21. The minimum atomic E-state index is -0.473. The topological polar surface area (TPSA) is 54.9 Å². The van der Waals surface area contributed by atoms with Gasteiger partial charge in [0.15, 0.2) is 5.96 Å². The normalized spacial score (nSPS) is 11.4. The van der Waals surface area contributed by atoms with Crippen LogP contribution in [0.1, 0.15) is 24.5 Å². The molecule has 0 saturated heterocycles. The van der Waals surface area contributed by atoms with Gasteiger partial charge >= 0.3 is 0 Å². The number of aliphatic imine (C=N–C) groups is 1. The minimum absolute atomic E-state index is 0.128. The first-order valence-electron chi connectivity index (χ1n) is 9.29. The molecule has 0 atom stereocenters. The van der Waals surface area contributed by atoms with Crippen molar-refractivity contribution in [1.82, 2.24) is 10.6 Å². The van der Waals surface area contributed by atoms with Gasteiger partial charge in [-0.2, -0.15) is 0 Å². The zero-order valence-corrected chi connectivity index (χ0v) is 16.3. The van der Waals surface area contributed by atoms with Gasteiger partial charge in [-0.05, 0) is 49.2 Å². The van der Waals surface area contributed by atoms with Crippen LogP contribution in [0, 0.1) is 11.6 Å². The molecule has 7 heteroatoms. The van der Waals surface area contributed by atoms with E-state index in [1.54, 1.807) is 7.11 Å². The van der Waals surface area contributed by atoms with E-state index < -0.39 is 11.6 Å². The molecular weight excluding hydrogens is 364 g/mol. The van der Waals surface area contributed by atoms with Crippen molar-refractivity contribution in [3.8, 4) is 5.75 Å². The molecule has 2 aromatic rings. The van der Waals surface area contributed by atoms with E-state index in [4.69, 9.17) is 9.47 Å². The van der Waals surface area contributed by atoms with Crippen LogP contribution in [0.4, 0.5) is 8.78 Å². The maximum Gasteiger partial charge on any atom is 0.191 e. The Hall–Kier alpha value is -2.67. The van der Waals surface area contributed by atoms with E-state index in [0.717, 1.165) is 29.9 Å². The molecule has 0 aromatic heterocycles. The molecule has 2 rings (SSSR count). The summed E-state index contributed by atoms with van der Waals surface area (Å²) in [5, 5.41) is 6.25. The van der Waals surface area contributed by atoms with Crippen LogP contribution in [0.25, 0.3) is 0 Å². The fourth-order valence-electron chi connectivity index (χ4n) is 2.46. The summed E-state index contributed by atoms with van der Waals surface area (Å²) in [6, 6.07) is 11.0. The molecule has 2 N–H and O–H groups in total. The predicted molar refractivity (Wildman–Crippen MR) is 106 cm³/mol. The predicted octanol–water partition coefficient (Wildman–Crippen LogP) is 3.64. The van der Waals surface area contributed by atoms with Gasteiger partial charge in [0.05, 0.1) is 13.7 Å². The molecule has 0 radical (unpaired) electrons. The van der Waals surface area contributed by atoms with Gasteiger partial charge in [-0.15, -0.1) is 0 Å². The van der Waals surface area contributed by atoms with E-state index in [1.807, 2.05) is 31.2 Å². The number of methoxy groups -OCH3 is 1. The Bertz CT molecular complexity index is 752. The van der Waals surface area contributed by atoms with Gasteiger partial charge in [0, 0.05) is 31.9 Å². The quantitative estimate of drug-likeness (QED) is 0.369. The summed E-state index contributed by atoms with van der Waals surface area (Å²) in [7, 11) is 1.62. The first kappa shape index (κ1) is 21.6. The molecule has 5 nitrogen and oxygen atoms in total. The molecule has 0 bridgehead atoms. The van der Waals surface area contributed by atoms with Crippen LogP contribution < -0.4 is 15.4 Å². The second-order valence-corrected chi connectivity index (χ2v) is 6.08. The number of rotatable bonds is 10. The average Bonchev–Trinajstić information content (AvgIpc) is 2.72. The van der Waals surface area contributed by atoms with E-state index in [9.17, 15) is 8.78 Å². The number of halogens is 2. The maximum atomic E-state index is 13.8. The minimum Gasteiger partial charge on any atom is -0.497 e. The molecule has 2 aromatic carbocycles. The molecule has 0 spiro atoms. The smallest absolute Gasteiger partial charge is 0.191 e. The van der Waals surface area contributed by atoms with Crippen LogP contribution in [0.5, 0.6) is 5.75 Å². The molecule has 0 aliphatic heterocycles. The van der Waals surface area contributed by atoms with Crippen molar-refractivity contribution in [1.29, 1.82) is 0 Å². The van der Waals surface area contributed by atoms with Gasteiger partial charge < -0.3 is 20.1 Å². The zero-order chi connectivity index (χ0) is 20.2. The highest BCUT2D eigenvalue weighted by molar-refractivity contribution is 5.79. The molecular formula is C21H27F2N3O2. The third-order valence-corrected chi connectivity index (χ3v) is 3.99. The molecule has 0 unspecified atom stereocenters. The lowest BCUT2D eigenvalue weighted by atomic mass is 10.2. The summed E-state index contributed by atoms with van der Waals surface area (Å²) in [6.07, 6.45) is 0.811. The van der Waals surface area contributed by atoms with Crippen molar-refractivity contribution in [3.05, 3.63) is 65.2 Å². The molecule has 0 fully saturated rings. The lowest BCUT2D eigenvalue weighted by Gasteiger charge is -2.13. The van der Waals surface area contributed by atoms with Crippen molar-refractivity contribution in [3.63, 3.8) is 0 Å². The molecule has 28 heavy (non-hydrogen) atoms. The van der Waals surface area contributed by atoms with Gasteiger partial charge in [0.1, 0.15) is 17.4 Å². The second-order valence-electron chi connectivity index (χ2n) is 6.08. The number of nitrogens with zero attached hydrogens (tertiary/aromatic N) is 1. The standard InChI is InChI=1S/C21H27F2N3O2/c1-3-28-12-4-11-24-21(25-14-16-5-8-19(27-2)9-6-16)26-15-17-13-18(22)7-10-20(17)23/h5-10,13H,3-4,11-12,14-15H2,1-2H3,(H2,24,25,26). The number of benzene rings is 2. The number of ether oxygens (including phenoxy) is 2. The first-order valence-corrected chi connectivity index (χ1v) is 9.29.